The number of carbonyl (C=O) groups is 2. The molecule has 1 saturated carbocycles. The van der Waals surface area contributed by atoms with Crippen LogP contribution in [0.4, 0.5) is 9.59 Å². The van der Waals surface area contributed by atoms with E-state index in [0.29, 0.717) is 43.7 Å². The van der Waals surface area contributed by atoms with Crippen molar-refractivity contribution in [2.45, 2.75) is 90.9 Å². The third kappa shape index (κ3) is 9.58. The third-order valence-corrected chi connectivity index (χ3v) is 7.82. The van der Waals surface area contributed by atoms with E-state index in [1.165, 1.54) is 6.33 Å². The Morgan fingerprint density at radius 3 is 2.23 bits per heavy atom. The molecule has 2 unspecified atom stereocenters. The normalized spacial score (nSPS) is 17.2. The van der Waals surface area contributed by atoms with Crippen molar-refractivity contribution in [3.8, 4) is 0 Å². The fourth-order valence-electron chi connectivity index (χ4n) is 5.58. The number of halogens is 1. The van der Waals surface area contributed by atoms with Crippen LogP contribution in [0.2, 0.25) is 5.15 Å². The van der Waals surface area contributed by atoms with Gasteiger partial charge in [-0.2, -0.15) is 0 Å². The number of hydrogen-bond acceptors (Lipinski definition) is 6. The first-order valence-corrected chi connectivity index (χ1v) is 15.6. The summed E-state index contributed by atoms with van der Waals surface area (Å²) in [4.78, 5) is 38.6. The van der Waals surface area contributed by atoms with Crippen LogP contribution in [0.15, 0.2) is 48.9 Å². The highest BCUT2D eigenvalue weighted by Crippen LogP contribution is 2.37. The molecule has 0 bridgehead atoms. The summed E-state index contributed by atoms with van der Waals surface area (Å²) in [6, 6.07) is 12.3. The Labute approximate surface area is 260 Å². The summed E-state index contributed by atoms with van der Waals surface area (Å²) in [6.45, 7) is 13.4. The second-order valence-electron chi connectivity index (χ2n) is 13.4. The van der Waals surface area contributed by atoms with Gasteiger partial charge < -0.3 is 23.8 Å². The predicted molar refractivity (Wildman–Crippen MR) is 169 cm³/mol. The molecule has 0 saturated heterocycles. The highest BCUT2D eigenvalue weighted by molar-refractivity contribution is 6.33. The fraction of sp³-hybridized carbons (Fsp3) is 0.576. The molecule has 9 nitrogen and oxygen atoms in total. The summed E-state index contributed by atoms with van der Waals surface area (Å²) in [5, 5.41) is 1.31. The zero-order valence-corrected chi connectivity index (χ0v) is 27.1. The molecule has 0 radical (unpaired) electrons. The highest BCUT2D eigenvalue weighted by atomic mass is 35.5. The summed E-state index contributed by atoms with van der Waals surface area (Å²) in [6.07, 6.45) is 7.11. The van der Waals surface area contributed by atoms with Crippen molar-refractivity contribution in [2.75, 3.05) is 26.2 Å². The summed E-state index contributed by atoms with van der Waals surface area (Å²) in [5.41, 5.74) is 0.805. The van der Waals surface area contributed by atoms with Gasteiger partial charge in [0.2, 0.25) is 0 Å². The number of ether oxygens (including phenoxy) is 2. The van der Waals surface area contributed by atoms with Crippen molar-refractivity contribution < 1.29 is 19.1 Å². The van der Waals surface area contributed by atoms with Crippen LogP contribution in [0.25, 0.3) is 11.0 Å². The van der Waals surface area contributed by atoms with E-state index in [1.807, 2.05) is 76.9 Å². The van der Waals surface area contributed by atoms with E-state index in [9.17, 15) is 9.59 Å². The fourth-order valence-corrected chi connectivity index (χ4v) is 5.77. The predicted octanol–water partition coefficient (Wildman–Crippen LogP) is 7.53. The van der Waals surface area contributed by atoms with Gasteiger partial charge in [-0.1, -0.05) is 41.9 Å². The topological polar surface area (TPSA) is 89.8 Å². The molecule has 3 aromatic rings. The van der Waals surface area contributed by atoms with Gasteiger partial charge in [0.25, 0.3) is 0 Å². The van der Waals surface area contributed by atoms with Gasteiger partial charge in [0, 0.05) is 38.4 Å². The Morgan fingerprint density at radius 2 is 1.56 bits per heavy atom. The molecule has 0 spiro atoms. The van der Waals surface area contributed by atoms with Gasteiger partial charge in [-0.3, -0.25) is 0 Å². The second kappa shape index (κ2) is 14.0. The minimum absolute atomic E-state index is 0.273. The molecule has 1 fully saturated rings. The van der Waals surface area contributed by atoms with Crippen LogP contribution in [-0.4, -0.2) is 73.9 Å². The van der Waals surface area contributed by atoms with Crippen molar-refractivity contribution in [3.05, 3.63) is 59.6 Å². The summed E-state index contributed by atoms with van der Waals surface area (Å²) >= 11 is 6.28. The van der Waals surface area contributed by atoms with Gasteiger partial charge in [-0.05, 0) is 91.2 Å². The van der Waals surface area contributed by atoms with Gasteiger partial charge >= 0.3 is 12.2 Å². The lowest BCUT2D eigenvalue weighted by Crippen LogP contribution is -2.42. The smallest absolute Gasteiger partial charge is 0.410 e. The van der Waals surface area contributed by atoms with E-state index >= 15 is 0 Å². The van der Waals surface area contributed by atoms with Crippen LogP contribution in [0, 0.1) is 5.92 Å². The minimum atomic E-state index is -0.602. The average Bonchev–Trinajstić information content (AvgIpc) is 3.56. The summed E-state index contributed by atoms with van der Waals surface area (Å²) in [5.74, 6) is 0.312. The van der Waals surface area contributed by atoms with Crippen molar-refractivity contribution in [3.63, 3.8) is 0 Å². The Balaban J connectivity index is 1.41. The molecule has 234 valence electrons. The largest absolute Gasteiger partial charge is 0.444 e. The van der Waals surface area contributed by atoms with Gasteiger partial charge in [0.1, 0.15) is 28.3 Å². The van der Waals surface area contributed by atoms with Gasteiger partial charge in [-0.25, -0.2) is 19.6 Å². The molecule has 0 aliphatic heterocycles. The van der Waals surface area contributed by atoms with E-state index in [1.54, 1.807) is 4.90 Å². The van der Waals surface area contributed by atoms with Gasteiger partial charge in [-0.15, -0.1) is 0 Å². The Morgan fingerprint density at radius 1 is 0.907 bits per heavy atom. The standard InChI is InChI=1S/C33H46ClN5O4/c1-32(2,3)42-30(40)37(19-15-24-11-8-7-9-12-24)17-10-18-38(31(41)43-33(4,5)6)22-25-13-14-26(21-25)39-20-16-27-28(34)35-23-36-29(27)39/h7-9,11-12,16,20,23,25-26H,10,13-15,17-19,21-22H2,1-6H3. The molecule has 2 aromatic heterocycles. The number of hydrogen-bond donors (Lipinski definition) is 0. The Hall–Kier alpha value is -3.33. The van der Waals surface area contributed by atoms with E-state index in [-0.39, 0.29) is 18.2 Å². The quantitative estimate of drug-likeness (QED) is 0.220. The van der Waals surface area contributed by atoms with E-state index < -0.39 is 11.2 Å². The van der Waals surface area contributed by atoms with E-state index in [4.69, 9.17) is 21.1 Å². The molecule has 2 atom stereocenters. The molecular weight excluding hydrogens is 566 g/mol. The maximum Gasteiger partial charge on any atom is 0.410 e. The molecule has 1 aliphatic rings. The zero-order valence-electron chi connectivity index (χ0n) is 26.4. The van der Waals surface area contributed by atoms with Crippen LogP contribution < -0.4 is 0 Å². The Bertz CT molecular complexity index is 1370. The van der Waals surface area contributed by atoms with Gasteiger partial charge in [0.15, 0.2) is 0 Å². The number of aromatic nitrogens is 3. The van der Waals surface area contributed by atoms with Crippen molar-refractivity contribution in [2.24, 2.45) is 5.92 Å². The lowest BCUT2D eigenvalue weighted by molar-refractivity contribution is 0.0186. The maximum atomic E-state index is 13.3. The Kier molecular flexibility index (Phi) is 10.6. The van der Waals surface area contributed by atoms with Crippen molar-refractivity contribution >= 4 is 34.8 Å². The molecule has 0 N–H and O–H groups in total. The maximum absolute atomic E-state index is 13.3. The van der Waals surface area contributed by atoms with Crippen molar-refractivity contribution in [1.82, 2.24) is 24.3 Å². The number of benzene rings is 1. The molecule has 4 rings (SSSR count). The highest BCUT2D eigenvalue weighted by Gasteiger charge is 2.31. The lowest BCUT2D eigenvalue weighted by atomic mass is 10.1. The van der Waals surface area contributed by atoms with Crippen LogP contribution >= 0.6 is 11.6 Å². The minimum Gasteiger partial charge on any atom is -0.444 e. The number of nitrogens with zero attached hydrogens (tertiary/aromatic N) is 5. The SMILES string of the molecule is CC(C)(C)OC(=O)N(CCCN(CC1CCC(n2ccc3c(Cl)ncnc32)C1)C(=O)OC(C)(C)C)CCc1ccccc1. The monoisotopic (exact) mass is 611 g/mol. The summed E-state index contributed by atoms with van der Waals surface area (Å²) < 4.78 is 13.7. The molecule has 43 heavy (non-hydrogen) atoms. The van der Waals surface area contributed by atoms with Crippen LogP contribution in [0.3, 0.4) is 0 Å². The first-order valence-electron chi connectivity index (χ1n) is 15.3. The van der Waals surface area contributed by atoms with Crippen molar-refractivity contribution in [1.29, 1.82) is 0 Å². The first kappa shape index (κ1) is 32.6. The van der Waals surface area contributed by atoms with E-state index in [2.05, 4.69) is 26.7 Å². The molecule has 2 amide bonds. The van der Waals surface area contributed by atoms with Crippen LogP contribution in [-0.2, 0) is 15.9 Å². The first-order chi connectivity index (χ1) is 20.3. The number of rotatable bonds is 10. The number of amides is 2. The molecule has 10 heteroatoms. The molecule has 1 aliphatic carbocycles. The van der Waals surface area contributed by atoms with Crippen LogP contribution in [0.1, 0.15) is 78.8 Å². The lowest BCUT2D eigenvalue weighted by Gasteiger charge is -2.31. The molecular formula is C33H46ClN5O4. The van der Waals surface area contributed by atoms with Gasteiger partial charge in [0.05, 0.1) is 5.39 Å². The average molecular weight is 612 g/mol. The summed E-state index contributed by atoms with van der Waals surface area (Å²) in [7, 11) is 0. The third-order valence-electron chi connectivity index (χ3n) is 7.52. The zero-order chi connectivity index (χ0) is 31.2. The number of carbonyl (C=O) groups excluding carboxylic acids is 2. The molecule has 2 heterocycles. The molecule has 1 aromatic carbocycles. The number of fused-ring (bicyclic) bond motifs is 1. The van der Waals surface area contributed by atoms with E-state index in [0.717, 1.165) is 42.3 Å². The van der Waals surface area contributed by atoms with Crippen LogP contribution in [0.5, 0.6) is 0 Å². The second-order valence-corrected chi connectivity index (χ2v) is 13.8.